The van der Waals surface area contributed by atoms with Crippen molar-refractivity contribution in [1.82, 2.24) is 5.48 Å². The number of ether oxygens (including phenoxy) is 1. The molecule has 0 saturated carbocycles. The molecular formula is C12H19NO2. The zero-order chi connectivity index (χ0) is 11.3. The number of hydrogen-bond donors (Lipinski definition) is 1. The Balaban J connectivity index is 2.97. The van der Waals surface area contributed by atoms with Gasteiger partial charge in [0, 0.05) is 12.1 Å². The van der Waals surface area contributed by atoms with Gasteiger partial charge in [0.2, 0.25) is 0 Å². The highest BCUT2D eigenvalue weighted by Gasteiger charge is 2.08. The first-order valence-corrected chi connectivity index (χ1v) is 5.18. The summed E-state index contributed by atoms with van der Waals surface area (Å²) in [4.78, 5) is 4.84. The highest BCUT2D eigenvalue weighted by atomic mass is 16.6. The lowest BCUT2D eigenvalue weighted by Crippen LogP contribution is -2.12. The van der Waals surface area contributed by atoms with Gasteiger partial charge in [-0.05, 0) is 31.9 Å². The Labute approximate surface area is 91.4 Å². The van der Waals surface area contributed by atoms with E-state index in [4.69, 9.17) is 9.57 Å². The van der Waals surface area contributed by atoms with E-state index < -0.39 is 0 Å². The molecule has 0 unspecified atom stereocenters. The third kappa shape index (κ3) is 2.94. The van der Waals surface area contributed by atoms with E-state index >= 15 is 0 Å². The van der Waals surface area contributed by atoms with Crippen molar-refractivity contribution < 1.29 is 9.57 Å². The van der Waals surface area contributed by atoms with E-state index in [0.717, 1.165) is 11.3 Å². The third-order valence-electron chi connectivity index (χ3n) is 2.45. The van der Waals surface area contributed by atoms with Crippen molar-refractivity contribution in [2.75, 3.05) is 13.7 Å². The van der Waals surface area contributed by atoms with E-state index in [1.165, 1.54) is 11.1 Å². The van der Waals surface area contributed by atoms with E-state index in [1.54, 1.807) is 7.11 Å². The molecular weight excluding hydrogens is 190 g/mol. The van der Waals surface area contributed by atoms with Crippen LogP contribution in [0.5, 0.6) is 5.75 Å². The zero-order valence-electron chi connectivity index (χ0n) is 9.89. The van der Waals surface area contributed by atoms with Crippen molar-refractivity contribution in [3.05, 3.63) is 28.8 Å². The van der Waals surface area contributed by atoms with E-state index in [9.17, 15) is 0 Å². The molecule has 0 saturated heterocycles. The first-order chi connectivity index (χ1) is 7.20. The van der Waals surface area contributed by atoms with Gasteiger partial charge in [-0.25, -0.2) is 0 Å². The minimum absolute atomic E-state index is 0.660. The van der Waals surface area contributed by atoms with Gasteiger partial charge in [-0.1, -0.05) is 12.1 Å². The molecule has 0 atom stereocenters. The summed E-state index contributed by atoms with van der Waals surface area (Å²) in [5.41, 5.74) is 6.41. The summed E-state index contributed by atoms with van der Waals surface area (Å²) in [6, 6.07) is 4.17. The van der Waals surface area contributed by atoms with Gasteiger partial charge < -0.3 is 9.57 Å². The summed E-state index contributed by atoms with van der Waals surface area (Å²) in [5, 5.41) is 0. The van der Waals surface area contributed by atoms with Crippen LogP contribution in [0.15, 0.2) is 12.1 Å². The van der Waals surface area contributed by atoms with E-state index in [0.29, 0.717) is 13.2 Å². The van der Waals surface area contributed by atoms with Crippen LogP contribution in [0.2, 0.25) is 0 Å². The number of rotatable bonds is 5. The molecule has 1 aromatic carbocycles. The topological polar surface area (TPSA) is 30.5 Å². The summed E-state index contributed by atoms with van der Waals surface area (Å²) >= 11 is 0. The first-order valence-electron chi connectivity index (χ1n) is 5.18. The molecule has 3 nitrogen and oxygen atoms in total. The number of hydrogen-bond acceptors (Lipinski definition) is 3. The molecule has 0 aliphatic heterocycles. The van der Waals surface area contributed by atoms with Crippen LogP contribution in [0.3, 0.4) is 0 Å². The molecule has 0 spiro atoms. The number of nitrogens with one attached hydrogen (secondary N) is 1. The molecule has 84 valence electrons. The Kier molecular flexibility index (Phi) is 4.59. The highest BCUT2D eigenvalue weighted by molar-refractivity contribution is 5.45. The van der Waals surface area contributed by atoms with Crippen LogP contribution >= 0.6 is 0 Å². The number of aryl methyl sites for hydroxylation is 1. The van der Waals surface area contributed by atoms with Crippen LogP contribution in [-0.4, -0.2) is 13.7 Å². The molecule has 15 heavy (non-hydrogen) atoms. The van der Waals surface area contributed by atoms with E-state index in [2.05, 4.69) is 31.5 Å². The van der Waals surface area contributed by atoms with Crippen LogP contribution in [0.4, 0.5) is 0 Å². The van der Waals surface area contributed by atoms with E-state index in [-0.39, 0.29) is 0 Å². The Morgan fingerprint density at radius 2 is 2.00 bits per heavy atom. The summed E-state index contributed by atoms with van der Waals surface area (Å²) in [6.45, 7) is 7.51. The van der Waals surface area contributed by atoms with Crippen molar-refractivity contribution in [3.63, 3.8) is 0 Å². The van der Waals surface area contributed by atoms with Gasteiger partial charge in [-0.15, -0.1) is 0 Å². The number of hydroxylamine groups is 1. The monoisotopic (exact) mass is 209 g/mol. The van der Waals surface area contributed by atoms with Crippen molar-refractivity contribution in [2.24, 2.45) is 0 Å². The lowest BCUT2D eigenvalue weighted by molar-refractivity contribution is 0.0859. The fraction of sp³-hybridized carbons (Fsp3) is 0.500. The lowest BCUT2D eigenvalue weighted by Gasteiger charge is -2.14. The summed E-state index contributed by atoms with van der Waals surface area (Å²) < 4.78 is 5.65. The average Bonchev–Trinajstić information content (AvgIpc) is 2.24. The largest absolute Gasteiger partial charge is 0.493 e. The molecule has 0 fully saturated rings. The Morgan fingerprint density at radius 3 is 2.60 bits per heavy atom. The van der Waals surface area contributed by atoms with Crippen molar-refractivity contribution in [2.45, 2.75) is 27.3 Å². The fourth-order valence-electron chi connectivity index (χ4n) is 1.48. The number of benzene rings is 1. The van der Waals surface area contributed by atoms with Gasteiger partial charge in [0.15, 0.2) is 0 Å². The molecule has 0 bridgehead atoms. The van der Waals surface area contributed by atoms with Crippen LogP contribution in [0, 0.1) is 13.8 Å². The quantitative estimate of drug-likeness (QED) is 0.755. The summed E-state index contributed by atoms with van der Waals surface area (Å²) in [7, 11) is 1.61. The minimum Gasteiger partial charge on any atom is -0.493 e. The van der Waals surface area contributed by atoms with Gasteiger partial charge in [0.05, 0.1) is 13.7 Å². The van der Waals surface area contributed by atoms with E-state index in [1.807, 2.05) is 6.92 Å². The zero-order valence-corrected chi connectivity index (χ0v) is 9.89. The van der Waals surface area contributed by atoms with Gasteiger partial charge in [-0.3, -0.25) is 0 Å². The molecule has 1 N–H and O–H groups in total. The second-order valence-electron chi connectivity index (χ2n) is 3.45. The maximum atomic E-state index is 5.65. The summed E-state index contributed by atoms with van der Waals surface area (Å²) in [5.74, 6) is 0.974. The highest BCUT2D eigenvalue weighted by Crippen LogP contribution is 2.26. The van der Waals surface area contributed by atoms with Crippen molar-refractivity contribution >= 4 is 0 Å². The smallest absolute Gasteiger partial charge is 0.127 e. The van der Waals surface area contributed by atoms with Crippen molar-refractivity contribution in [1.29, 1.82) is 0 Å². The van der Waals surface area contributed by atoms with Gasteiger partial charge in [-0.2, -0.15) is 5.48 Å². The van der Waals surface area contributed by atoms with Crippen molar-refractivity contribution in [3.8, 4) is 5.75 Å². The Hall–Kier alpha value is -1.06. The fourth-order valence-corrected chi connectivity index (χ4v) is 1.48. The third-order valence-corrected chi connectivity index (χ3v) is 2.45. The normalized spacial score (nSPS) is 10.4. The maximum absolute atomic E-state index is 5.65. The minimum atomic E-state index is 0.660. The molecule has 0 aliphatic rings. The molecule has 1 rings (SSSR count). The second-order valence-corrected chi connectivity index (χ2v) is 3.45. The molecule has 0 radical (unpaired) electrons. The average molecular weight is 209 g/mol. The lowest BCUT2D eigenvalue weighted by atomic mass is 10.0. The first kappa shape index (κ1) is 12.0. The molecule has 0 aromatic heterocycles. The maximum Gasteiger partial charge on any atom is 0.127 e. The second kappa shape index (κ2) is 5.73. The van der Waals surface area contributed by atoms with Crippen LogP contribution in [0.25, 0.3) is 0 Å². The SMILES string of the molecule is CCOc1c(CNOC)ccc(C)c1C. The predicted octanol–water partition coefficient (Wildman–Crippen LogP) is 2.35. The Bertz CT molecular complexity index is 324. The van der Waals surface area contributed by atoms with Gasteiger partial charge in [0.1, 0.15) is 5.75 Å². The van der Waals surface area contributed by atoms with Crippen LogP contribution < -0.4 is 10.2 Å². The molecule has 0 amide bonds. The summed E-state index contributed by atoms with van der Waals surface area (Å²) in [6.07, 6.45) is 0. The predicted molar refractivity (Wildman–Crippen MR) is 60.9 cm³/mol. The molecule has 0 aliphatic carbocycles. The standard InChI is InChI=1S/C12H19NO2/c1-5-15-12-10(3)9(2)6-7-11(12)8-13-14-4/h6-7,13H,5,8H2,1-4H3. The molecule has 0 heterocycles. The van der Waals surface area contributed by atoms with Gasteiger partial charge >= 0.3 is 0 Å². The van der Waals surface area contributed by atoms with Crippen LogP contribution in [-0.2, 0) is 11.4 Å². The van der Waals surface area contributed by atoms with Gasteiger partial charge in [0.25, 0.3) is 0 Å². The van der Waals surface area contributed by atoms with Crippen LogP contribution in [0.1, 0.15) is 23.6 Å². The Morgan fingerprint density at radius 1 is 1.27 bits per heavy atom. The molecule has 3 heteroatoms. The molecule has 1 aromatic rings.